The number of fused-ring (bicyclic) bond motifs is 1. The Bertz CT molecular complexity index is 1390. The molecule has 1 atom stereocenters. The molecule has 214 valence electrons. The van der Waals surface area contributed by atoms with Gasteiger partial charge in [0.1, 0.15) is 5.69 Å². The van der Waals surface area contributed by atoms with Crippen LogP contribution in [-0.4, -0.2) is 52.6 Å². The van der Waals surface area contributed by atoms with Crippen molar-refractivity contribution in [1.82, 2.24) is 20.0 Å². The Morgan fingerprint density at radius 3 is 2.49 bits per heavy atom. The van der Waals surface area contributed by atoms with Gasteiger partial charge in [0.2, 0.25) is 5.60 Å². The first-order valence-corrected chi connectivity index (χ1v) is 13.7. The summed E-state index contributed by atoms with van der Waals surface area (Å²) in [6.07, 6.45) is 11.2. The largest absolute Gasteiger partial charge is 0.489 e. The monoisotopic (exact) mass is 556 g/mol. The number of hydrogen-bond acceptors (Lipinski definition) is 7. The van der Waals surface area contributed by atoms with Crippen LogP contribution in [0.15, 0.2) is 67.9 Å². The second-order valence-corrected chi connectivity index (χ2v) is 9.98. The van der Waals surface area contributed by atoms with Crippen LogP contribution in [0.3, 0.4) is 0 Å². The molecule has 0 aliphatic heterocycles. The van der Waals surface area contributed by atoms with Crippen molar-refractivity contribution in [1.29, 1.82) is 10.8 Å². The fourth-order valence-electron chi connectivity index (χ4n) is 4.91. The van der Waals surface area contributed by atoms with E-state index in [1.54, 1.807) is 10.6 Å². The Balaban J connectivity index is 1.55. The van der Waals surface area contributed by atoms with Gasteiger partial charge < -0.3 is 30.9 Å². The van der Waals surface area contributed by atoms with Crippen molar-refractivity contribution in [2.75, 3.05) is 13.2 Å². The number of carbonyl (C=O) groups is 2. The molecule has 10 nitrogen and oxygen atoms in total. The third-order valence-electron chi connectivity index (χ3n) is 7.25. The first-order valence-electron chi connectivity index (χ1n) is 13.7. The lowest BCUT2D eigenvalue weighted by atomic mass is 9.90. The van der Waals surface area contributed by atoms with E-state index >= 15 is 0 Å². The van der Waals surface area contributed by atoms with Crippen molar-refractivity contribution in [3.63, 3.8) is 0 Å². The Hall–Kier alpha value is -4.73. The van der Waals surface area contributed by atoms with E-state index in [9.17, 15) is 9.59 Å². The van der Waals surface area contributed by atoms with E-state index in [0.29, 0.717) is 35.3 Å². The number of aromatic nitrogens is 2. The van der Waals surface area contributed by atoms with Gasteiger partial charge in [0.15, 0.2) is 11.4 Å². The average molecular weight is 557 g/mol. The summed E-state index contributed by atoms with van der Waals surface area (Å²) in [5.74, 6) is 0.702. The van der Waals surface area contributed by atoms with Crippen LogP contribution in [0.4, 0.5) is 4.79 Å². The Labute approximate surface area is 239 Å². The maximum atomic E-state index is 13.7. The summed E-state index contributed by atoms with van der Waals surface area (Å²) in [5.41, 5.74) is 0.325. The van der Waals surface area contributed by atoms with Gasteiger partial charge in [-0.1, -0.05) is 62.8 Å². The molecule has 2 aromatic heterocycles. The van der Waals surface area contributed by atoms with Crippen LogP contribution in [0.2, 0.25) is 0 Å². The van der Waals surface area contributed by atoms with E-state index in [-0.39, 0.29) is 6.54 Å². The van der Waals surface area contributed by atoms with Gasteiger partial charge in [-0.05, 0) is 48.6 Å². The molecular weight excluding hydrogens is 520 g/mol. The van der Waals surface area contributed by atoms with Crippen LogP contribution < -0.4 is 15.4 Å². The molecule has 2 amide bonds. The number of rotatable bonds is 13. The molecule has 2 heterocycles. The van der Waals surface area contributed by atoms with Gasteiger partial charge in [-0.15, -0.1) is 0 Å². The molecule has 4 N–H and O–H groups in total. The molecular formula is C31H36N6O4. The van der Waals surface area contributed by atoms with Crippen molar-refractivity contribution in [2.45, 2.75) is 43.7 Å². The molecule has 1 fully saturated rings. The van der Waals surface area contributed by atoms with Gasteiger partial charge >= 0.3 is 6.09 Å². The predicted octanol–water partition coefficient (Wildman–Crippen LogP) is 5.36. The Morgan fingerprint density at radius 1 is 1.10 bits per heavy atom. The first-order chi connectivity index (χ1) is 19.9. The molecule has 4 rings (SSSR count). The van der Waals surface area contributed by atoms with Crippen LogP contribution in [0.5, 0.6) is 5.75 Å². The molecule has 41 heavy (non-hydrogen) atoms. The molecule has 0 bridgehead atoms. The molecule has 0 spiro atoms. The summed E-state index contributed by atoms with van der Waals surface area (Å²) >= 11 is 0. The van der Waals surface area contributed by atoms with Crippen LogP contribution in [0.1, 0.15) is 59.9 Å². The van der Waals surface area contributed by atoms with Gasteiger partial charge in [0.25, 0.3) is 5.91 Å². The van der Waals surface area contributed by atoms with Crippen molar-refractivity contribution in [2.24, 2.45) is 5.92 Å². The number of carbonyl (C=O) groups excluding carboxylic acids is 2. The lowest BCUT2D eigenvalue weighted by Gasteiger charge is -2.23. The third-order valence-corrected chi connectivity index (χ3v) is 7.25. The molecule has 10 heteroatoms. The van der Waals surface area contributed by atoms with E-state index in [4.69, 9.17) is 20.3 Å². The minimum Gasteiger partial charge on any atom is -0.489 e. The molecule has 1 saturated carbocycles. The topological polar surface area (TPSA) is 142 Å². The van der Waals surface area contributed by atoms with Crippen LogP contribution >= 0.6 is 0 Å². The second kappa shape index (κ2) is 13.6. The van der Waals surface area contributed by atoms with E-state index in [1.807, 2.05) is 42.5 Å². The van der Waals surface area contributed by atoms with Crippen molar-refractivity contribution < 1.29 is 19.1 Å². The molecule has 3 aromatic rings. The minimum absolute atomic E-state index is 0.0201. The quantitative estimate of drug-likeness (QED) is 0.166. The smallest absolute Gasteiger partial charge is 0.408 e. The zero-order chi connectivity index (χ0) is 29.2. The summed E-state index contributed by atoms with van der Waals surface area (Å²) in [4.78, 5) is 30.9. The number of amides is 2. The van der Waals surface area contributed by atoms with Gasteiger partial charge in [-0.25, -0.2) is 9.78 Å². The number of nitrogens with zero attached hydrogens (tertiary/aromatic N) is 2. The van der Waals surface area contributed by atoms with Gasteiger partial charge in [-0.3, -0.25) is 9.20 Å². The predicted molar refractivity (Wildman–Crippen MR) is 159 cm³/mol. The summed E-state index contributed by atoms with van der Waals surface area (Å²) in [6.45, 7) is 7.98. The number of ether oxygens (including phenoxy) is 2. The molecule has 0 saturated heterocycles. The summed E-state index contributed by atoms with van der Waals surface area (Å²) in [6, 6.07) is 12.2. The van der Waals surface area contributed by atoms with Crippen molar-refractivity contribution in [3.8, 4) is 5.75 Å². The zero-order valence-electron chi connectivity index (χ0n) is 23.0. The highest BCUT2D eigenvalue weighted by Gasteiger charge is 2.28. The van der Waals surface area contributed by atoms with E-state index in [0.717, 1.165) is 30.8 Å². The Morgan fingerprint density at radius 2 is 1.83 bits per heavy atom. The number of hydrogen-bond donors (Lipinski definition) is 4. The molecule has 1 aromatic carbocycles. The number of imidazole rings is 1. The fraction of sp³-hybridized carbons (Fsp3) is 0.323. The van der Waals surface area contributed by atoms with Gasteiger partial charge in [0.05, 0.1) is 18.3 Å². The molecule has 1 aliphatic rings. The first kappa shape index (κ1) is 29.3. The lowest BCUT2D eigenvalue weighted by molar-refractivity contribution is 0.0924. The maximum absolute atomic E-state index is 13.7. The van der Waals surface area contributed by atoms with Crippen molar-refractivity contribution >= 4 is 36.2 Å². The molecule has 1 aliphatic carbocycles. The fourth-order valence-corrected chi connectivity index (χ4v) is 4.91. The molecule has 1 unspecified atom stereocenters. The third kappa shape index (κ3) is 6.89. The van der Waals surface area contributed by atoms with Crippen LogP contribution in [-0.2, 0) is 4.74 Å². The Kier molecular flexibility index (Phi) is 9.68. The number of alkyl carbamates (subject to hydrolysis) is 1. The van der Waals surface area contributed by atoms with Crippen LogP contribution in [0, 0.1) is 16.7 Å². The second-order valence-electron chi connectivity index (χ2n) is 9.98. The van der Waals surface area contributed by atoms with E-state index < -0.39 is 23.6 Å². The van der Waals surface area contributed by atoms with E-state index in [2.05, 4.69) is 28.8 Å². The SMILES string of the molecule is C=Cc1nc2c(OCC3CCCCC3)cccn2c1C(=O)NC(CNC(=O)OC(C=C)(C=N)C=N)c1ccccc1. The van der Waals surface area contributed by atoms with Gasteiger partial charge in [0, 0.05) is 25.2 Å². The number of nitrogens with one attached hydrogen (secondary N) is 4. The highest BCUT2D eigenvalue weighted by Crippen LogP contribution is 2.28. The van der Waals surface area contributed by atoms with Crippen molar-refractivity contribution in [3.05, 3.63) is 84.8 Å². The number of pyridine rings is 1. The minimum atomic E-state index is -1.65. The maximum Gasteiger partial charge on any atom is 0.408 e. The lowest BCUT2D eigenvalue weighted by Crippen LogP contribution is -2.43. The highest BCUT2D eigenvalue weighted by molar-refractivity contribution is 5.97. The summed E-state index contributed by atoms with van der Waals surface area (Å²) < 4.78 is 13.1. The van der Waals surface area contributed by atoms with E-state index in [1.165, 1.54) is 31.4 Å². The molecule has 0 radical (unpaired) electrons. The average Bonchev–Trinajstić information content (AvgIpc) is 3.41. The normalized spacial score (nSPS) is 15.6. The summed E-state index contributed by atoms with van der Waals surface area (Å²) in [5, 5.41) is 20.6. The summed E-state index contributed by atoms with van der Waals surface area (Å²) in [7, 11) is 0. The van der Waals surface area contributed by atoms with Gasteiger partial charge in [-0.2, -0.15) is 0 Å². The standard InChI is InChI=1S/C31H36N6O4/c1-3-24-27(37-17-11-16-26(28(37)35-24)40-19-22-12-7-5-8-13-22)29(38)36-25(23-14-9-6-10-15-23)18-34-30(39)41-31(4-2,20-32)21-33/h3-4,6,9-11,14-17,20-22,25,32-33H,1-2,5,7-8,12-13,18-19H2,(H,34,39)(H,36,38). The number of benzene rings is 1. The zero-order valence-corrected chi connectivity index (χ0v) is 23.0. The van der Waals surface area contributed by atoms with Crippen LogP contribution in [0.25, 0.3) is 11.7 Å². The highest BCUT2D eigenvalue weighted by atomic mass is 16.6.